The Morgan fingerprint density at radius 3 is 2.57 bits per heavy atom. The average Bonchev–Trinajstić information content (AvgIpc) is 3.27. The van der Waals surface area contributed by atoms with E-state index in [4.69, 9.17) is 9.47 Å². The van der Waals surface area contributed by atoms with Crippen LogP contribution in [0.3, 0.4) is 0 Å². The number of ether oxygens (including phenoxy) is 2. The summed E-state index contributed by atoms with van der Waals surface area (Å²) in [5.74, 6) is 2.25. The predicted molar refractivity (Wildman–Crippen MR) is 109 cm³/mol. The first kappa shape index (κ1) is 21.0. The lowest BCUT2D eigenvalue weighted by Gasteiger charge is -2.24. The minimum atomic E-state index is -1.10. The number of aliphatic hydroxyl groups is 1. The molecular formula is C21H25BrN2O3S. The minimum absolute atomic E-state index is 0. The van der Waals surface area contributed by atoms with Crippen LogP contribution in [0.25, 0.3) is 0 Å². The summed E-state index contributed by atoms with van der Waals surface area (Å²) in [4.78, 5) is 2.25. The van der Waals surface area contributed by atoms with Crippen LogP contribution >= 0.6 is 11.8 Å². The number of β-amino-alcohol motifs (C(OH)–C–C–N with tert-alkyl or cyclic N) is 1. The van der Waals surface area contributed by atoms with Crippen molar-refractivity contribution in [3.63, 3.8) is 0 Å². The molecule has 2 aliphatic rings. The van der Waals surface area contributed by atoms with E-state index in [0.717, 1.165) is 28.7 Å². The van der Waals surface area contributed by atoms with E-state index in [0.29, 0.717) is 18.0 Å². The number of amidine groups is 1. The molecular weight excluding hydrogens is 440 g/mol. The van der Waals surface area contributed by atoms with E-state index in [1.807, 2.05) is 18.2 Å². The Bertz CT molecular complexity index is 934. The van der Waals surface area contributed by atoms with Gasteiger partial charge in [-0.2, -0.15) is 0 Å². The van der Waals surface area contributed by atoms with Gasteiger partial charge in [0.25, 0.3) is 5.72 Å². The van der Waals surface area contributed by atoms with Gasteiger partial charge in [-0.25, -0.2) is 9.48 Å². The van der Waals surface area contributed by atoms with Gasteiger partial charge in [0.1, 0.15) is 5.69 Å². The van der Waals surface area contributed by atoms with Gasteiger partial charge in [-0.05, 0) is 61.0 Å². The van der Waals surface area contributed by atoms with Crippen molar-refractivity contribution in [3.8, 4) is 11.5 Å². The highest BCUT2D eigenvalue weighted by Crippen LogP contribution is 2.41. The fraction of sp³-hybridized carbons (Fsp3) is 0.381. The molecule has 2 heterocycles. The van der Waals surface area contributed by atoms with Crippen LogP contribution < -0.4 is 31.4 Å². The minimum Gasteiger partial charge on any atom is -1.00 e. The van der Waals surface area contributed by atoms with Crippen LogP contribution in [0.15, 0.2) is 36.4 Å². The van der Waals surface area contributed by atoms with Crippen LogP contribution in [-0.2, 0) is 5.72 Å². The van der Waals surface area contributed by atoms with Crippen LogP contribution in [-0.4, -0.2) is 47.9 Å². The predicted octanol–water partition coefficient (Wildman–Crippen LogP) is 0.105. The Morgan fingerprint density at radius 2 is 1.86 bits per heavy atom. The number of rotatable bonds is 4. The van der Waals surface area contributed by atoms with Gasteiger partial charge >= 0.3 is 5.17 Å². The third-order valence-corrected chi connectivity index (χ3v) is 6.63. The summed E-state index contributed by atoms with van der Waals surface area (Å²) in [7, 11) is 3.24. The second-order valence-corrected chi connectivity index (χ2v) is 8.04. The largest absolute Gasteiger partial charge is 1.00 e. The van der Waals surface area contributed by atoms with Gasteiger partial charge in [-0.15, -0.1) is 0 Å². The summed E-state index contributed by atoms with van der Waals surface area (Å²) < 4.78 is 12.9. The highest BCUT2D eigenvalue weighted by Gasteiger charge is 2.54. The van der Waals surface area contributed by atoms with Gasteiger partial charge in [-0.1, -0.05) is 12.1 Å². The molecule has 150 valence electrons. The first-order valence-corrected chi connectivity index (χ1v) is 10.0. The van der Waals surface area contributed by atoms with E-state index < -0.39 is 5.72 Å². The van der Waals surface area contributed by atoms with Gasteiger partial charge in [0, 0.05) is 11.3 Å². The average molecular weight is 465 g/mol. The van der Waals surface area contributed by atoms with Crippen LogP contribution in [0, 0.1) is 13.8 Å². The molecule has 2 aliphatic heterocycles. The van der Waals surface area contributed by atoms with Crippen molar-refractivity contribution in [2.75, 3.05) is 38.0 Å². The first-order valence-electron chi connectivity index (χ1n) is 9.05. The molecule has 0 spiro atoms. The molecule has 0 saturated heterocycles. The number of halogens is 1. The fourth-order valence-corrected chi connectivity index (χ4v) is 5.06. The van der Waals surface area contributed by atoms with Crippen molar-refractivity contribution in [1.29, 1.82) is 0 Å². The molecule has 0 radical (unpaired) electrons. The standard InChI is InChI=1S/C21H25N2O3S.BrH/c1-14-6-5-7-17(15(14)2)22-13-21(24,23-10-11-27-20(22)23)16-8-9-18(25-3)19(12-16)26-4;/h5-9,12,24H,10-11,13H2,1-4H3;1H/q+1;/p-1. The van der Waals surface area contributed by atoms with E-state index >= 15 is 0 Å². The third kappa shape index (κ3) is 3.19. The van der Waals surface area contributed by atoms with Crippen molar-refractivity contribution in [2.45, 2.75) is 19.6 Å². The molecule has 0 aromatic heterocycles. The van der Waals surface area contributed by atoms with Crippen molar-refractivity contribution < 1.29 is 36.1 Å². The van der Waals surface area contributed by atoms with Gasteiger partial charge in [0.2, 0.25) is 0 Å². The number of thioether (sulfide) groups is 1. The maximum Gasteiger partial charge on any atom is 0.316 e. The Morgan fingerprint density at radius 1 is 1.11 bits per heavy atom. The number of hydrogen-bond acceptors (Lipinski definition) is 5. The molecule has 1 unspecified atom stereocenters. The third-order valence-electron chi connectivity index (χ3n) is 5.55. The van der Waals surface area contributed by atoms with Gasteiger partial charge in [0.15, 0.2) is 18.0 Å². The highest BCUT2D eigenvalue weighted by atomic mass is 79.9. The van der Waals surface area contributed by atoms with Gasteiger partial charge < -0.3 is 31.6 Å². The van der Waals surface area contributed by atoms with Gasteiger partial charge in [0.05, 0.1) is 20.8 Å². The van der Waals surface area contributed by atoms with Crippen molar-refractivity contribution >= 4 is 22.6 Å². The summed E-state index contributed by atoms with van der Waals surface area (Å²) in [6, 6.07) is 12.0. The van der Waals surface area contributed by atoms with E-state index in [1.165, 1.54) is 11.1 Å². The Labute approximate surface area is 180 Å². The molecule has 28 heavy (non-hydrogen) atoms. The van der Waals surface area contributed by atoms with Crippen LogP contribution in [0.2, 0.25) is 0 Å². The number of methoxy groups -OCH3 is 2. The smallest absolute Gasteiger partial charge is 0.316 e. The Kier molecular flexibility index (Phi) is 5.98. The molecule has 0 aliphatic carbocycles. The molecule has 0 saturated carbocycles. The maximum absolute atomic E-state index is 11.8. The topological polar surface area (TPSA) is 44.9 Å². The SMILES string of the molecule is COc1ccc(C2(O)CN(c3cccc(C)c3C)C3=[N+]2CCS3)cc1OC.[Br-]. The summed E-state index contributed by atoms with van der Waals surface area (Å²) in [6.07, 6.45) is 0. The monoisotopic (exact) mass is 464 g/mol. The van der Waals surface area contributed by atoms with Crippen LogP contribution in [0.4, 0.5) is 5.69 Å². The zero-order chi connectivity index (χ0) is 19.2. The first-order chi connectivity index (χ1) is 13.0. The zero-order valence-corrected chi connectivity index (χ0v) is 18.9. The van der Waals surface area contributed by atoms with E-state index in [-0.39, 0.29) is 17.0 Å². The zero-order valence-electron chi connectivity index (χ0n) is 16.5. The number of anilines is 1. The molecule has 1 atom stereocenters. The van der Waals surface area contributed by atoms with E-state index in [2.05, 4.69) is 41.5 Å². The number of nitrogens with zero attached hydrogens (tertiary/aromatic N) is 2. The Hall–Kier alpha value is -1.70. The lowest BCUT2D eigenvalue weighted by atomic mass is 10.0. The summed E-state index contributed by atoms with van der Waals surface area (Å²) in [5, 5.41) is 12.9. The second kappa shape index (κ2) is 7.97. The number of aryl methyl sites for hydroxylation is 1. The molecule has 0 amide bonds. The molecule has 0 bridgehead atoms. The summed E-state index contributed by atoms with van der Waals surface area (Å²) in [6.45, 7) is 5.56. The number of benzene rings is 2. The molecule has 1 N–H and O–H groups in total. The lowest BCUT2D eigenvalue weighted by molar-refractivity contribution is -0.650. The quantitative estimate of drug-likeness (QED) is 0.650. The second-order valence-electron chi connectivity index (χ2n) is 6.97. The fourth-order valence-electron chi connectivity index (χ4n) is 3.89. The van der Waals surface area contributed by atoms with E-state index in [1.54, 1.807) is 26.0 Å². The van der Waals surface area contributed by atoms with Crippen molar-refractivity contribution in [1.82, 2.24) is 0 Å². The van der Waals surface area contributed by atoms with Crippen LogP contribution in [0.5, 0.6) is 11.5 Å². The molecule has 2 aromatic carbocycles. The number of hydrogen-bond donors (Lipinski definition) is 1. The molecule has 5 nitrogen and oxygen atoms in total. The normalized spacial score (nSPS) is 20.8. The lowest BCUT2D eigenvalue weighted by Crippen LogP contribution is -3.00. The Balaban J connectivity index is 0.00000225. The van der Waals surface area contributed by atoms with Crippen molar-refractivity contribution in [3.05, 3.63) is 53.1 Å². The molecule has 7 heteroatoms. The van der Waals surface area contributed by atoms with Crippen LogP contribution in [0.1, 0.15) is 16.7 Å². The summed E-state index contributed by atoms with van der Waals surface area (Å²) in [5.41, 5.74) is 3.36. The van der Waals surface area contributed by atoms with E-state index in [9.17, 15) is 5.11 Å². The maximum atomic E-state index is 11.8. The van der Waals surface area contributed by atoms with Gasteiger partial charge in [-0.3, -0.25) is 0 Å². The molecule has 2 aromatic rings. The molecule has 0 fully saturated rings. The highest BCUT2D eigenvalue weighted by molar-refractivity contribution is 8.14. The van der Waals surface area contributed by atoms with Crippen molar-refractivity contribution in [2.24, 2.45) is 0 Å². The molecule has 4 rings (SSSR count). The summed E-state index contributed by atoms with van der Waals surface area (Å²) >= 11 is 1.80.